The van der Waals surface area contributed by atoms with Gasteiger partial charge in [-0.3, -0.25) is 5.26 Å². The average molecular weight is 166 g/mol. The lowest BCUT2D eigenvalue weighted by molar-refractivity contribution is -0.271. The maximum Gasteiger partial charge on any atom is 0.138 e. The lowest BCUT2D eigenvalue weighted by Crippen LogP contribution is -2.01. The van der Waals surface area contributed by atoms with Gasteiger partial charge in [0, 0.05) is 0 Å². The van der Waals surface area contributed by atoms with Gasteiger partial charge in [-0.1, -0.05) is 36.9 Å². The second kappa shape index (κ2) is 4.04. The summed E-state index contributed by atoms with van der Waals surface area (Å²) in [4.78, 5) is 4.26. The first-order chi connectivity index (χ1) is 6.66. The first-order valence-electron chi connectivity index (χ1n) is 4.66. The molecule has 12 heavy (non-hydrogen) atoms. The third-order valence-corrected chi connectivity index (χ3v) is 1.60. The van der Waals surface area contributed by atoms with Gasteiger partial charge >= 0.3 is 0 Å². The molecule has 1 unspecified atom stereocenters. The van der Waals surface area contributed by atoms with Crippen molar-refractivity contribution in [2.45, 2.75) is 13.0 Å². The number of benzene rings is 1. The fraction of sp³-hybridized carbons (Fsp3) is 0.200. The summed E-state index contributed by atoms with van der Waals surface area (Å²) in [6, 6.07) is 9.00. The topological polar surface area (TPSA) is 29.5 Å². The van der Waals surface area contributed by atoms with Crippen molar-refractivity contribution in [1.29, 1.82) is 0 Å². The summed E-state index contributed by atoms with van der Waals surface area (Å²) >= 11 is 0. The van der Waals surface area contributed by atoms with Crippen LogP contribution < -0.4 is 0 Å². The highest BCUT2D eigenvalue weighted by Crippen LogP contribution is 2.22. The van der Waals surface area contributed by atoms with Crippen molar-refractivity contribution in [3.8, 4) is 0 Å². The molecule has 0 aliphatic carbocycles. The molecule has 1 N–H and O–H groups in total. The standard InChI is InChI=1S/C10H12O2/c1-8(2)10(12-11)9-6-4-3-5-7-9/h3-7,10-11H,1H2,2H3/i1D2. The average Bonchev–Trinajstić information content (AvgIpc) is 2.20. The zero-order valence-electron chi connectivity index (χ0n) is 8.82. The van der Waals surface area contributed by atoms with Gasteiger partial charge in [0.05, 0.1) is 2.74 Å². The van der Waals surface area contributed by atoms with E-state index < -0.39 is 6.10 Å². The normalized spacial score (nSPS) is 14.5. The van der Waals surface area contributed by atoms with Crippen LogP contribution in [0.15, 0.2) is 42.4 Å². The van der Waals surface area contributed by atoms with Crippen LogP contribution in [0.1, 0.15) is 21.3 Å². The number of rotatable bonds is 3. The van der Waals surface area contributed by atoms with Gasteiger partial charge in [-0.15, -0.1) is 0 Å². The molecule has 2 heteroatoms. The molecule has 0 saturated heterocycles. The predicted octanol–water partition coefficient (Wildman–Crippen LogP) is 2.79. The van der Waals surface area contributed by atoms with Gasteiger partial charge in [-0.2, -0.15) is 0 Å². The van der Waals surface area contributed by atoms with Gasteiger partial charge in [0.1, 0.15) is 6.10 Å². The molecule has 0 aromatic heterocycles. The van der Waals surface area contributed by atoms with E-state index in [1.165, 1.54) is 0 Å². The van der Waals surface area contributed by atoms with Gasteiger partial charge in [0.15, 0.2) is 0 Å². The Hall–Kier alpha value is -1.12. The minimum atomic E-state index is -0.721. The molecule has 2 nitrogen and oxygen atoms in total. The molecule has 0 bridgehead atoms. The maximum absolute atomic E-state index is 8.70. The Morgan fingerprint density at radius 3 is 2.75 bits per heavy atom. The Morgan fingerprint density at radius 2 is 2.25 bits per heavy atom. The molecular formula is C10H12O2. The summed E-state index contributed by atoms with van der Waals surface area (Å²) in [7, 11) is 0. The highest BCUT2D eigenvalue weighted by atomic mass is 17.1. The van der Waals surface area contributed by atoms with Crippen molar-refractivity contribution in [3.63, 3.8) is 0 Å². The molecule has 0 heterocycles. The summed E-state index contributed by atoms with van der Waals surface area (Å²) < 4.78 is 14.2. The fourth-order valence-corrected chi connectivity index (χ4v) is 1.02. The van der Waals surface area contributed by atoms with Crippen LogP contribution in [-0.4, -0.2) is 5.26 Å². The van der Waals surface area contributed by atoms with Gasteiger partial charge in [0.2, 0.25) is 0 Å². The van der Waals surface area contributed by atoms with Crippen molar-refractivity contribution in [3.05, 3.63) is 48.0 Å². The van der Waals surface area contributed by atoms with Crippen molar-refractivity contribution < 1.29 is 12.9 Å². The monoisotopic (exact) mass is 166 g/mol. The SMILES string of the molecule is [2H]C([2H])=C(C)C(OO)c1ccccc1. The summed E-state index contributed by atoms with van der Waals surface area (Å²) in [5.41, 5.74) is 1.10. The summed E-state index contributed by atoms with van der Waals surface area (Å²) in [6.45, 7) is 1.25. The Balaban J connectivity index is 3.00. The molecular weight excluding hydrogens is 152 g/mol. The molecule has 0 spiro atoms. The molecule has 0 amide bonds. The Bertz CT molecular complexity index is 318. The summed E-state index contributed by atoms with van der Waals surface area (Å²) in [5.74, 6) is 0. The van der Waals surface area contributed by atoms with E-state index in [2.05, 4.69) is 4.89 Å². The van der Waals surface area contributed by atoms with Crippen molar-refractivity contribution in [1.82, 2.24) is 0 Å². The highest BCUT2D eigenvalue weighted by Gasteiger charge is 2.11. The van der Waals surface area contributed by atoms with Gasteiger partial charge in [-0.25, -0.2) is 4.89 Å². The molecule has 64 valence electrons. The van der Waals surface area contributed by atoms with Crippen LogP contribution in [0.2, 0.25) is 0 Å². The van der Waals surface area contributed by atoms with Gasteiger partial charge < -0.3 is 0 Å². The second-order valence-corrected chi connectivity index (χ2v) is 2.58. The first kappa shape index (κ1) is 6.40. The predicted molar refractivity (Wildman–Crippen MR) is 47.7 cm³/mol. The lowest BCUT2D eigenvalue weighted by atomic mass is 10.0. The van der Waals surface area contributed by atoms with E-state index in [9.17, 15) is 0 Å². The van der Waals surface area contributed by atoms with Crippen LogP contribution in [0.25, 0.3) is 0 Å². The summed E-state index contributed by atoms with van der Waals surface area (Å²) in [6.07, 6.45) is -0.721. The number of hydrogen-bond donors (Lipinski definition) is 1. The van der Waals surface area contributed by atoms with Crippen LogP contribution in [-0.2, 0) is 4.89 Å². The molecule has 1 rings (SSSR count). The lowest BCUT2D eigenvalue weighted by Gasteiger charge is -2.12. The molecule has 1 aromatic rings. The van der Waals surface area contributed by atoms with Gasteiger partial charge in [0.25, 0.3) is 0 Å². The maximum atomic E-state index is 8.70. The minimum absolute atomic E-state index is 0.340. The minimum Gasteiger partial charge on any atom is -0.251 e. The summed E-state index contributed by atoms with van der Waals surface area (Å²) in [5, 5.41) is 8.70. The zero-order chi connectivity index (χ0) is 10.6. The number of hydrogen-bond acceptors (Lipinski definition) is 2. The van der Waals surface area contributed by atoms with Gasteiger partial charge in [-0.05, 0) is 18.1 Å². The van der Waals surface area contributed by atoms with E-state index in [0.29, 0.717) is 5.57 Å². The highest BCUT2D eigenvalue weighted by molar-refractivity contribution is 5.23. The molecule has 0 aliphatic heterocycles. The van der Waals surface area contributed by atoms with E-state index >= 15 is 0 Å². The third kappa shape index (κ3) is 1.94. The molecule has 0 aliphatic rings. The van der Waals surface area contributed by atoms with E-state index in [0.717, 1.165) is 5.56 Å². The van der Waals surface area contributed by atoms with E-state index in [1.54, 1.807) is 19.1 Å². The van der Waals surface area contributed by atoms with E-state index in [1.807, 2.05) is 18.2 Å². The molecule has 0 saturated carbocycles. The molecule has 1 atom stereocenters. The Kier molecular flexibility index (Phi) is 2.16. The van der Waals surface area contributed by atoms with Crippen molar-refractivity contribution in [2.24, 2.45) is 0 Å². The van der Waals surface area contributed by atoms with Crippen molar-refractivity contribution >= 4 is 0 Å². The zero-order valence-corrected chi connectivity index (χ0v) is 6.82. The van der Waals surface area contributed by atoms with Crippen LogP contribution >= 0.6 is 0 Å². The Labute approximate surface area is 74.8 Å². The molecule has 1 aromatic carbocycles. The van der Waals surface area contributed by atoms with Crippen LogP contribution in [0.3, 0.4) is 0 Å². The van der Waals surface area contributed by atoms with Crippen LogP contribution in [0.4, 0.5) is 0 Å². The Morgan fingerprint density at radius 1 is 1.58 bits per heavy atom. The van der Waals surface area contributed by atoms with E-state index in [-0.39, 0.29) is 6.53 Å². The quantitative estimate of drug-likeness (QED) is 0.425. The second-order valence-electron chi connectivity index (χ2n) is 2.58. The fourth-order valence-electron chi connectivity index (χ4n) is 1.02. The molecule has 0 fully saturated rings. The van der Waals surface area contributed by atoms with Crippen molar-refractivity contribution in [2.75, 3.05) is 0 Å². The van der Waals surface area contributed by atoms with Crippen LogP contribution in [0.5, 0.6) is 0 Å². The molecule has 0 radical (unpaired) electrons. The van der Waals surface area contributed by atoms with E-state index in [4.69, 9.17) is 8.00 Å². The third-order valence-electron chi connectivity index (χ3n) is 1.60. The largest absolute Gasteiger partial charge is 0.251 e. The van der Waals surface area contributed by atoms with Crippen LogP contribution in [0, 0.1) is 0 Å². The smallest absolute Gasteiger partial charge is 0.138 e. The first-order valence-corrected chi connectivity index (χ1v) is 3.66.